The number of aromatic nitrogens is 1. The summed E-state index contributed by atoms with van der Waals surface area (Å²) in [5, 5.41) is 9.12. The number of aromatic carboxylic acids is 1. The Morgan fingerprint density at radius 2 is 2.24 bits per heavy atom. The number of carbonyl (C=O) groups is 1. The molecule has 0 spiro atoms. The van der Waals surface area contributed by atoms with Gasteiger partial charge in [0.25, 0.3) is 0 Å². The van der Waals surface area contributed by atoms with Gasteiger partial charge >= 0.3 is 5.97 Å². The molecule has 5 nitrogen and oxygen atoms in total. The molecule has 1 aromatic heterocycles. The zero-order chi connectivity index (χ0) is 12.3. The van der Waals surface area contributed by atoms with Gasteiger partial charge in [0.2, 0.25) is 0 Å². The molecule has 1 N–H and O–H groups in total. The van der Waals surface area contributed by atoms with E-state index < -0.39 is 5.97 Å². The number of hydrogen-bond donors (Lipinski definition) is 1. The second-order valence-electron chi connectivity index (χ2n) is 3.85. The largest absolute Gasteiger partial charge is 0.478 e. The molecule has 2 heterocycles. The van der Waals surface area contributed by atoms with Crippen molar-refractivity contribution in [3.05, 3.63) is 28.5 Å². The number of carboxylic acid groups (broad SMARTS) is 1. The fourth-order valence-corrected chi connectivity index (χ4v) is 1.90. The van der Waals surface area contributed by atoms with Crippen LogP contribution in [0.2, 0.25) is 5.02 Å². The second-order valence-corrected chi connectivity index (χ2v) is 4.26. The highest BCUT2D eigenvalue weighted by atomic mass is 35.5. The molecule has 92 valence electrons. The molecule has 0 bridgehead atoms. The van der Waals surface area contributed by atoms with Crippen LogP contribution in [0, 0.1) is 0 Å². The van der Waals surface area contributed by atoms with E-state index in [1.54, 1.807) is 0 Å². The number of halogens is 1. The van der Waals surface area contributed by atoms with E-state index in [0.717, 1.165) is 13.1 Å². The van der Waals surface area contributed by atoms with Gasteiger partial charge in [-0.2, -0.15) is 0 Å². The summed E-state index contributed by atoms with van der Waals surface area (Å²) in [4.78, 5) is 17.2. The summed E-state index contributed by atoms with van der Waals surface area (Å²) in [7, 11) is 0. The molecule has 17 heavy (non-hydrogen) atoms. The average molecular weight is 257 g/mol. The van der Waals surface area contributed by atoms with Gasteiger partial charge in [0.1, 0.15) is 0 Å². The highest BCUT2D eigenvalue weighted by molar-refractivity contribution is 6.33. The van der Waals surface area contributed by atoms with Crippen molar-refractivity contribution < 1.29 is 14.6 Å². The lowest BCUT2D eigenvalue weighted by Gasteiger charge is -2.26. The number of hydrogen-bond acceptors (Lipinski definition) is 4. The van der Waals surface area contributed by atoms with Crippen LogP contribution in [-0.2, 0) is 11.3 Å². The molecule has 1 aromatic rings. The first-order valence-electron chi connectivity index (χ1n) is 5.34. The Bertz CT molecular complexity index is 419. The lowest BCUT2D eigenvalue weighted by molar-refractivity contribution is 0.0336. The maximum atomic E-state index is 10.9. The molecular weight excluding hydrogens is 244 g/mol. The number of morpholine rings is 1. The van der Waals surface area contributed by atoms with Crippen LogP contribution in [0.15, 0.2) is 12.3 Å². The minimum absolute atomic E-state index is 0.102. The standard InChI is InChI=1S/C11H13ClN2O3/c12-10-6-13-8(5-9(10)11(15)16)7-14-1-3-17-4-2-14/h5-6H,1-4,7H2,(H,15,16). The van der Waals surface area contributed by atoms with Crippen LogP contribution in [-0.4, -0.2) is 47.3 Å². The van der Waals surface area contributed by atoms with Crippen molar-refractivity contribution in [2.24, 2.45) is 0 Å². The highest BCUT2D eigenvalue weighted by Gasteiger charge is 2.14. The Labute approximate surface area is 104 Å². The number of ether oxygens (including phenoxy) is 1. The molecular formula is C11H13ClN2O3. The summed E-state index contributed by atoms with van der Waals surface area (Å²) in [6.45, 7) is 3.72. The van der Waals surface area contributed by atoms with Crippen LogP contribution in [0.3, 0.4) is 0 Å². The Kier molecular flexibility index (Phi) is 3.93. The molecule has 1 fully saturated rings. The van der Waals surface area contributed by atoms with Gasteiger partial charge < -0.3 is 9.84 Å². The summed E-state index contributed by atoms with van der Waals surface area (Å²) < 4.78 is 5.24. The van der Waals surface area contributed by atoms with Crippen LogP contribution in [0.1, 0.15) is 16.1 Å². The Balaban J connectivity index is 2.10. The number of pyridine rings is 1. The number of rotatable bonds is 3. The molecule has 0 saturated carbocycles. The average Bonchev–Trinajstić information content (AvgIpc) is 2.32. The van der Waals surface area contributed by atoms with Crippen molar-refractivity contribution in [2.45, 2.75) is 6.54 Å². The number of nitrogens with zero attached hydrogens (tertiary/aromatic N) is 2. The van der Waals surface area contributed by atoms with E-state index >= 15 is 0 Å². The first-order valence-corrected chi connectivity index (χ1v) is 5.72. The highest BCUT2D eigenvalue weighted by Crippen LogP contribution is 2.16. The van der Waals surface area contributed by atoms with Gasteiger partial charge in [-0.1, -0.05) is 11.6 Å². The topological polar surface area (TPSA) is 62.7 Å². The van der Waals surface area contributed by atoms with E-state index in [1.165, 1.54) is 12.3 Å². The number of carboxylic acids is 1. The van der Waals surface area contributed by atoms with Crippen molar-refractivity contribution in [3.63, 3.8) is 0 Å². The van der Waals surface area contributed by atoms with E-state index in [4.69, 9.17) is 21.4 Å². The molecule has 0 aliphatic carbocycles. The summed E-state index contributed by atoms with van der Waals surface area (Å²) in [5.41, 5.74) is 0.818. The third kappa shape index (κ3) is 3.15. The van der Waals surface area contributed by atoms with E-state index in [9.17, 15) is 4.79 Å². The van der Waals surface area contributed by atoms with Gasteiger partial charge in [0.15, 0.2) is 0 Å². The maximum Gasteiger partial charge on any atom is 0.337 e. The first kappa shape index (κ1) is 12.3. The van der Waals surface area contributed by atoms with Gasteiger partial charge in [-0.3, -0.25) is 9.88 Å². The molecule has 0 unspecified atom stereocenters. The van der Waals surface area contributed by atoms with Gasteiger partial charge in [0, 0.05) is 25.8 Å². The minimum atomic E-state index is -1.03. The van der Waals surface area contributed by atoms with E-state index in [1.807, 2.05) is 0 Å². The quantitative estimate of drug-likeness (QED) is 0.882. The lowest BCUT2D eigenvalue weighted by Crippen LogP contribution is -2.35. The van der Waals surface area contributed by atoms with Crippen LogP contribution < -0.4 is 0 Å². The predicted molar refractivity (Wildman–Crippen MR) is 62.3 cm³/mol. The SMILES string of the molecule is O=C(O)c1cc(CN2CCOCC2)ncc1Cl. The third-order valence-corrected chi connectivity index (χ3v) is 2.93. The third-order valence-electron chi connectivity index (χ3n) is 2.63. The van der Waals surface area contributed by atoms with E-state index in [0.29, 0.717) is 25.5 Å². The molecule has 1 saturated heterocycles. The molecule has 0 aromatic carbocycles. The maximum absolute atomic E-state index is 10.9. The van der Waals surface area contributed by atoms with Crippen molar-refractivity contribution in [2.75, 3.05) is 26.3 Å². The molecule has 1 aliphatic heterocycles. The van der Waals surface area contributed by atoms with Crippen molar-refractivity contribution in [1.82, 2.24) is 9.88 Å². The second kappa shape index (κ2) is 5.44. The van der Waals surface area contributed by atoms with E-state index in [-0.39, 0.29) is 10.6 Å². The zero-order valence-electron chi connectivity index (χ0n) is 9.23. The monoisotopic (exact) mass is 256 g/mol. The molecule has 0 radical (unpaired) electrons. The van der Waals surface area contributed by atoms with Crippen LogP contribution in [0.4, 0.5) is 0 Å². The molecule has 0 atom stereocenters. The van der Waals surface area contributed by atoms with Crippen LogP contribution in [0.5, 0.6) is 0 Å². The molecule has 6 heteroatoms. The smallest absolute Gasteiger partial charge is 0.337 e. The van der Waals surface area contributed by atoms with Crippen molar-refractivity contribution in [3.8, 4) is 0 Å². The summed E-state index contributed by atoms with van der Waals surface area (Å²) in [6.07, 6.45) is 1.39. The van der Waals surface area contributed by atoms with Gasteiger partial charge in [-0.25, -0.2) is 4.79 Å². The van der Waals surface area contributed by atoms with E-state index in [2.05, 4.69) is 9.88 Å². The first-order chi connectivity index (χ1) is 8.16. The summed E-state index contributed by atoms with van der Waals surface area (Å²) >= 11 is 5.76. The van der Waals surface area contributed by atoms with Crippen LogP contribution in [0.25, 0.3) is 0 Å². The lowest BCUT2D eigenvalue weighted by atomic mass is 10.2. The zero-order valence-corrected chi connectivity index (χ0v) is 9.98. The Hall–Kier alpha value is -1.17. The summed E-state index contributed by atoms with van der Waals surface area (Å²) in [6, 6.07) is 1.53. The molecule has 1 aliphatic rings. The van der Waals surface area contributed by atoms with Crippen LogP contribution >= 0.6 is 11.6 Å². The Morgan fingerprint density at radius 3 is 2.88 bits per heavy atom. The molecule has 2 rings (SSSR count). The Morgan fingerprint density at radius 1 is 1.53 bits per heavy atom. The fourth-order valence-electron chi connectivity index (χ4n) is 1.72. The normalized spacial score (nSPS) is 17.0. The molecule has 0 amide bonds. The van der Waals surface area contributed by atoms with Gasteiger partial charge in [-0.05, 0) is 6.07 Å². The fraction of sp³-hybridized carbons (Fsp3) is 0.455. The van der Waals surface area contributed by atoms with Gasteiger partial charge in [0.05, 0.1) is 29.5 Å². The van der Waals surface area contributed by atoms with Gasteiger partial charge in [-0.15, -0.1) is 0 Å². The van der Waals surface area contributed by atoms with Crippen molar-refractivity contribution in [1.29, 1.82) is 0 Å². The van der Waals surface area contributed by atoms with Crippen molar-refractivity contribution >= 4 is 17.6 Å². The predicted octanol–water partition coefficient (Wildman–Crippen LogP) is 1.27. The minimum Gasteiger partial charge on any atom is -0.478 e. The summed E-state index contributed by atoms with van der Waals surface area (Å²) in [5.74, 6) is -1.03.